The number of nitrogens with one attached hydrogen (secondary N) is 1. The largest absolute Gasteiger partial charge is 0.382 e. The van der Waals surface area contributed by atoms with Gasteiger partial charge in [0.05, 0.1) is 11.6 Å². The summed E-state index contributed by atoms with van der Waals surface area (Å²) in [5.41, 5.74) is 1.67. The average molecular weight is 248 g/mol. The fraction of sp³-hybridized carbons (Fsp3) is 0.533. The second-order valence-corrected chi connectivity index (χ2v) is 4.78. The van der Waals surface area contributed by atoms with Gasteiger partial charge in [-0.25, -0.2) is 4.39 Å². The summed E-state index contributed by atoms with van der Waals surface area (Å²) in [5.74, 6) is -0.322. The van der Waals surface area contributed by atoms with Gasteiger partial charge in [0, 0.05) is 17.3 Å². The first-order valence-corrected chi connectivity index (χ1v) is 6.55. The highest BCUT2D eigenvalue weighted by Crippen LogP contribution is 2.22. The van der Waals surface area contributed by atoms with Gasteiger partial charge in [0.1, 0.15) is 5.82 Å². The van der Waals surface area contributed by atoms with Gasteiger partial charge >= 0.3 is 0 Å². The van der Waals surface area contributed by atoms with Crippen molar-refractivity contribution < 1.29 is 4.39 Å². The summed E-state index contributed by atoms with van der Waals surface area (Å²) in [6, 6.07) is 5.27. The molecule has 0 fully saturated rings. The highest BCUT2D eigenvalue weighted by molar-refractivity contribution is 5.56. The van der Waals surface area contributed by atoms with Crippen molar-refractivity contribution in [2.24, 2.45) is 0 Å². The first-order chi connectivity index (χ1) is 8.58. The van der Waals surface area contributed by atoms with Crippen LogP contribution in [-0.2, 0) is 0 Å². The Balaban J connectivity index is 2.72. The van der Waals surface area contributed by atoms with Crippen LogP contribution in [-0.4, -0.2) is 6.04 Å². The number of unbranched alkanes of at least 4 members (excludes halogenated alkanes) is 2. The Bertz CT molecular complexity index is 435. The Morgan fingerprint density at radius 1 is 1.39 bits per heavy atom. The van der Waals surface area contributed by atoms with Crippen molar-refractivity contribution in [3.63, 3.8) is 0 Å². The summed E-state index contributed by atoms with van der Waals surface area (Å²) in [6.45, 7) is 6.00. The lowest BCUT2D eigenvalue weighted by atomic mass is 10.1. The number of nitrogens with zero attached hydrogens (tertiary/aromatic N) is 1. The zero-order valence-corrected chi connectivity index (χ0v) is 11.4. The van der Waals surface area contributed by atoms with Crippen LogP contribution in [0, 0.1) is 24.1 Å². The van der Waals surface area contributed by atoms with Crippen LogP contribution in [0.2, 0.25) is 0 Å². The molecular weight excluding hydrogens is 227 g/mol. The van der Waals surface area contributed by atoms with E-state index in [-0.39, 0.29) is 5.82 Å². The van der Waals surface area contributed by atoms with Gasteiger partial charge in [-0.15, -0.1) is 0 Å². The lowest BCUT2D eigenvalue weighted by Crippen LogP contribution is -2.16. The van der Waals surface area contributed by atoms with Gasteiger partial charge < -0.3 is 5.32 Å². The molecule has 1 N–H and O–H groups in total. The van der Waals surface area contributed by atoms with Crippen LogP contribution in [0.3, 0.4) is 0 Å². The Morgan fingerprint density at radius 3 is 2.72 bits per heavy atom. The zero-order chi connectivity index (χ0) is 13.5. The third-order valence-electron chi connectivity index (χ3n) is 3.12. The normalized spacial score (nSPS) is 11.9. The van der Waals surface area contributed by atoms with E-state index in [0.717, 1.165) is 12.1 Å². The van der Waals surface area contributed by atoms with Gasteiger partial charge in [-0.2, -0.15) is 5.26 Å². The topological polar surface area (TPSA) is 35.8 Å². The van der Waals surface area contributed by atoms with E-state index < -0.39 is 0 Å². The van der Waals surface area contributed by atoms with Crippen molar-refractivity contribution in [1.82, 2.24) is 0 Å². The molecule has 0 aliphatic heterocycles. The van der Waals surface area contributed by atoms with Crippen LogP contribution in [0.5, 0.6) is 0 Å². The SMILES string of the molecule is CCCCCC(C)Nc1cc(C#N)cc(F)c1C. The van der Waals surface area contributed by atoms with E-state index in [0.29, 0.717) is 17.2 Å². The number of halogens is 1. The van der Waals surface area contributed by atoms with E-state index in [2.05, 4.69) is 19.2 Å². The number of hydrogen-bond donors (Lipinski definition) is 1. The number of anilines is 1. The third-order valence-corrected chi connectivity index (χ3v) is 3.12. The molecular formula is C15H21FN2. The molecule has 0 heterocycles. The molecule has 3 heteroatoms. The lowest BCUT2D eigenvalue weighted by molar-refractivity contribution is 0.607. The number of benzene rings is 1. The Kier molecular flexibility index (Phi) is 5.64. The van der Waals surface area contributed by atoms with E-state index in [9.17, 15) is 4.39 Å². The quantitative estimate of drug-likeness (QED) is 0.758. The summed E-state index contributed by atoms with van der Waals surface area (Å²) in [7, 11) is 0. The van der Waals surface area contributed by atoms with Crippen molar-refractivity contribution in [2.75, 3.05) is 5.32 Å². The first-order valence-electron chi connectivity index (χ1n) is 6.55. The molecule has 0 spiro atoms. The molecule has 1 aromatic carbocycles. The first kappa shape index (κ1) is 14.5. The molecule has 0 saturated heterocycles. The van der Waals surface area contributed by atoms with Crippen molar-refractivity contribution in [1.29, 1.82) is 5.26 Å². The van der Waals surface area contributed by atoms with Crippen LogP contribution < -0.4 is 5.32 Å². The summed E-state index contributed by atoms with van der Waals surface area (Å²) < 4.78 is 13.6. The maximum atomic E-state index is 13.6. The van der Waals surface area contributed by atoms with Crippen molar-refractivity contribution in [3.05, 3.63) is 29.1 Å². The second kappa shape index (κ2) is 7.00. The molecule has 1 unspecified atom stereocenters. The Labute approximate surface area is 109 Å². The third kappa shape index (κ3) is 4.03. The van der Waals surface area contributed by atoms with Crippen LogP contribution >= 0.6 is 0 Å². The van der Waals surface area contributed by atoms with E-state index in [1.807, 2.05) is 6.07 Å². The molecule has 98 valence electrons. The zero-order valence-electron chi connectivity index (χ0n) is 11.4. The Morgan fingerprint density at radius 2 is 2.11 bits per heavy atom. The maximum absolute atomic E-state index is 13.6. The monoisotopic (exact) mass is 248 g/mol. The van der Waals surface area contributed by atoms with E-state index in [1.165, 1.54) is 25.3 Å². The van der Waals surface area contributed by atoms with Crippen LogP contribution in [0.4, 0.5) is 10.1 Å². The molecule has 2 nitrogen and oxygen atoms in total. The van der Waals surface area contributed by atoms with Crippen LogP contribution in [0.25, 0.3) is 0 Å². The van der Waals surface area contributed by atoms with Crippen molar-refractivity contribution in [3.8, 4) is 6.07 Å². The molecule has 0 bridgehead atoms. The number of nitriles is 1. The van der Waals surface area contributed by atoms with Gasteiger partial charge in [0.2, 0.25) is 0 Å². The molecule has 0 aromatic heterocycles. The summed E-state index contributed by atoms with van der Waals surface area (Å²) in [4.78, 5) is 0. The molecule has 0 radical (unpaired) electrons. The minimum absolute atomic E-state index is 0.295. The van der Waals surface area contributed by atoms with Crippen LogP contribution in [0.15, 0.2) is 12.1 Å². The highest BCUT2D eigenvalue weighted by atomic mass is 19.1. The molecule has 0 aliphatic carbocycles. The molecule has 0 aliphatic rings. The van der Waals surface area contributed by atoms with Gasteiger partial charge in [0.25, 0.3) is 0 Å². The summed E-state index contributed by atoms with van der Waals surface area (Å²) in [5, 5.41) is 12.1. The Hall–Kier alpha value is -1.56. The average Bonchev–Trinajstić information content (AvgIpc) is 2.35. The molecule has 1 aromatic rings. The predicted molar refractivity (Wildman–Crippen MR) is 73.1 cm³/mol. The molecule has 0 amide bonds. The van der Waals surface area contributed by atoms with Crippen molar-refractivity contribution >= 4 is 5.69 Å². The van der Waals surface area contributed by atoms with E-state index in [4.69, 9.17) is 5.26 Å². The fourth-order valence-electron chi connectivity index (χ4n) is 1.93. The molecule has 0 saturated carbocycles. The van der Waals surface area contributed by atoms with Crippen LogP contribution in [0.1, 0.15) is 50.7 Å². The lowest BCUT2D eigenvalue weighted by Gasteiger charge is -2.17. The summed E-state index contributed by atoms with van der Waals surface area (Å²) >= 11 is 0. The maximum Gasteiger partial charge on any atom is 0.129 e. The second-order valence-electron chi connectivity index (χ2n) is 4.78. The highest BCUT2D eigenvalue weighted by Gasteiger charge is 2.09. The van der Waals surface area contributed by atoms with E-state index in [1.54, 1.807) is 13.0 Å². The van der Waals surface area contributed by atoms with Gasteiger partial charge in [0.15, 0.2) is 0 Å². The minimum atomic E-state index is -0.322. The number of hydrogen-bond acceptors (Lipinski definition) is 2. The van der Waals surface area contributed by atoms with Gasteiger partial charge in [-0.3, -0.25) is 0 Å². The number of rotatable bonds is 6. The van der Waals surface area contributed by atoms with Gasteiger partial charge in [-0.05, 0) is 32.4 Å². The minimum Gasteiger partial charge on any atom is -0.382 e. The van der Waals surface area contributed by atoms with Crippen molar-refractivity contribution in [2.45, 2.75) is 52.5 Å². The molecule has 18 heavy (non-hydrogen) atoms. The van der Waals surface area contributed by atoms with Gasteiger partial charge in [-0.1, -0.05) is 26.2 Å². The molecule has 1 atom stereocenters. The fourth-order valence-corrected chi connectivity index (χ4v) is 1.93. The smallest absolute Gasteiger partial charge is 0.129 e. The predicted octanol–water partition coefficient (Wildman–Crippen LogP) is 4.39. The standard InChI is InChI=1S/C15H21FN2/c1-4-5-6-7-11(2)18-15-9-13(10-17)8-14(16)12(15)3/h8-9,11,18H,4-7H2,1-3H3. The summed E-state index contributed by atoms with van der Waals surface area (Å²) in [6.07, 6.45) is 4.65. The molecule has 1 rings (SSSR count). The van der Waals surface area contributed by atoms with E-state index >= 15 is 0 Å².